The second-order valence-corrected chi connectivity index (χ2v) is 6.35. The molecule has 0 amide bonds. The fourth-order valence-electron chi connectivity index (χ4n) is 2.83. The van der Waals surface area contributed by atoms with Crippen molar-refractivity contribution >= 4 is 15.9 Å². The zero-order chi connectivity index (χ0) is 13.8. The maximum absolute atomic E-state index is 4.05. The minimum Gasteiger partial charge on any atom is -0.337 e. The summed E-state index contributed by atoms with van der Waals surface area (Å²) in [7, 11) is 0. The summed E-state index contributed by atoms with van der Waals surface area (Å²) in [5, 5.41) is 3.65. The van der Waals surface area contributed by atoms with Gasteiger partial charge in [-0.25, -0.2) is 4.98 Å². The van der Waals surface area contributed by atoms with E-state index in [0.717, 1.165) is 25.4 Å². The number of rotatable bonds is 6. The lowest BCUT2D eigenvalue weighted by Gasteiger charge is -2.37. The highest BCUT2D eigenvalue weighted by atomic mass is 79.9. The van der Waals surface area contributed by atoms with E-state index in [4.69, 9.17) is 0 Å². The number of benzene rings is 1. The van der Waals surface area contributed by atoms with Gasteiger partial charge in [-0.1, -0.05) is 34.1 Å². The van der Waals surface area contributed by atoms with Crippen LogP contribution in [0, 0.1) is 0 Å². The Bertz CT molecular complexity index is 532. The Hall–Kier alpha value is -1.13. The van der Waals surface area contributed by atoms with E-state index < -0.39 is 0 Å². The Labute approximate surface area is 128 Å². The standard InChI is InChI=1S/C16H20BrN3/c17-16-5-2-1-4-15(16)13-10-14(11-13)19-6-3-8-20-9-7-18-12-20/h1-2,4-5,7,9,12-14,19H,3,6,8,10-11H2. The summed E-state index contributed by atoms with van der Waals surface area (Å²) in [6.07, 6.45) is 9.41. The van der Waals surface area contributed by atoms with Crippen LogP contribution in [0.15, 0.2) is 47.5 Å². The lowest BCUT2D eigenvalue weighted by Crippen LogP contribution is -2.40. The van der Waals surface area contributed by atoms with E-state index >= 15 is 0 Å². The van der Waals surface area contributed by atoms with Gasteiger partial charge < -0.3 is 9.88 Å². The molecule has 1 aliphatic carbocycles. The number of nitrogens with one attached hydrogen (secondary N) is 1. The first-order valence-corrected chi connectivity index (χ1v) is 8.06. The zero-order valence-corrected chi connectivity index (χ0v) is 13.1. The number of hydrogen-bond acceptors (Lipinski definition) is 2. The van der Waals surface area contributed by atoms with E-state index in [1.165, 1.54) is 22.9 Å². The van der Waals surface area contributed by atoms with Gasteiger partial charge in [0.05, 0.1) is 6.33 Å². The van der Waals surface area contributed by atoms with E-state index in [1.54, 1.807) is 0 Å². The third-order valence-electron chi connectivity index (χ3n) is 4.07. The van der Waals surface area contributed by atoms with E-state index in [0.29, 0.717) is 6.04 Å². The van der Waals surface area contributed by atoms with Gasteiger partial charge >= 0.3 is 0 Å². The van der Waals surface area contributed by atoms with Crippen molar-refractivity contribution in [2.75, 3.05) is 6.54 Å². The quantitative estimate of drug-likeness (QED) is 0.819. The van der Waals surface area contributed by atoms with Crippen LogP contribution in [0.5, 0.6) is 0 Å². The van der Waals surface area contributed by atoms with E-state index in [9.17, 15) is 0 Å². The molecule has 0 unspecified atom stereocenters. The van der Waals surface area contributed by atoms with Crippen molar-refractivity contribution in [1.82, 2.24) is 14.9 Å². The molecule has 1 heterocycles. The number of halogens is 1. The summed E-state index contributed by atoms with van der Waals surface area (Å²) >= 11 is 3.65. The maximum atomic E-state index is 4.05. The van der Waals surface area contributed by atoms with Crippen LogP contribution in [-0.2, 0) is 6.54 Å². The van der Waals surface area contributed by atoms with Gasteiger partial charge in [0, 0.05) is 29.5 Å². The SMILES string of the molecule is Brc1ccccc1C1CC(NCCCn2ccnc2)C1. The van der Waals surface area contributed by atoms with Gasteiger partial charge in [0.2, 0.25) is 0 Å². The topological polar surface area (TPSA) is 29.9 Å². The van der Waals surface area contributed by atoms with Gasteiger partial charge in [-0.15, -0.1) is 0 Å². The van der Waals surface area contributed by atoms with Crippen LogP contribution in [0.1, 0.15) is 30.7 Å². The molecule has 4 heteroatoms. The largest absolute Gasteiger partial charge is 0.337 e. The van der Waals surface area contributed by atoms with Crippen molar-refractivity contribution in [3.8, 4) is 0 Å². The first-order valence-electron chi connectivity index (χ1n) is 7.26. The molecule has 0 atom stereocenters. The molecule has 1 aliphatic rings. The van der Waals surface area contributed by atoms with Crippen molar-refractivity contribution in [3.63, 3.8) is 0 Å². The molecule has 3 nitrogen and oxygen atoms in total. The Balaban J connectivity index is 1.35. The van der Waals surface area contributed by atoms with Gasteiger partial charge in [0.25, 0.3) is 0 Å². The summed E-state index contributed by atoms with van der Waals surface area (Å²) in [6.45, 7) is 2.14. The molecule has 1 aromatic heterocycles. The van der Waals surface area contributed by atoms with Gasteiger partial charge in [0.1, 0.15) is 0 Å². The Morgan fingerprint density at radius 1 is 1.30 bits per heavy atom. The number of imidazole rings is 1. The van der Waals surface area contributed by atoms with E-state index in [-0.39, 0.29) is 0 Å². The predicted octanol–water partition coefficient (Wildman–Crippen LogP) is 3.57. The average Bonchev–Trinajstić information content (AvgIpc) is 2.91. The second-order valence-electron chi connectivity index (χ2n) is 5.49. The molecule has 0 bridgehead atoms. The molecule has 3 rings (SSSR count). The molecule has 0 aliphatic heterocycles. The molecule has 0 saturated heterocycles. The molecule has 0 radical (unpaired) electrons. The summed E-state index contributed by atoms with van der Waals surface area (Å²) in [5.41, 5.74) is 1.46. The highest BCUT2D eigenvalue weighted by Gasteiger charge is 2.30. The number of nitrogens with zero attached hydrogens (tertiary/aromatic N) is 2. The molecule has 20 heavy (non-hydrogen) atoms. The molecule has 2 aromatic rings. The fourth-order valence-corrected chi connectivity index (χ4v) is 3.44. The lowest BCUT2D eigenvalue weighted by molar-refractivity contribution is 0.288. The predicted molar refractivity (Wildman–Crippen MR) is 84.8 cm³/mol. The third-order valence-corrected chi connectivity index (χ3v) is 4.79. The first kappa shape index (κ1) is 13.8. The molecule has 0 spiro atoms. The second kappa shape index (κ2) is 6.55. The monoisotopic (exact) mass is 333 g/mol. The van der Waals surface area contributed by atoms with Crippen molar-refractivity contribution < 1.29 is 0 Å². The van der Waals surface area contributed by atoms with Crippen LogP contribution in [0.4, 0.5) is 0 Å². The van der Waals surface area contributed by atoms with Gasteiger partial charge in [-0.2, -0.15) is 0 Å². The lowest BCUT2D eigenvalue weighted by atomic mass is 9.76. The highest BCUT2D eigenvalue weighted by molar-refractivity contribution is 9.10. The average molecular weight is 334 g/mol. The minimum atomic E-state index is 0.690. The third kappa shape index (κ3) is 3.30. The zero-order valence-electron chi connectivity index (χ0n) is 11.5. The highest BCUT2D eigenvalue weighted by Crippen LogP contribution is 2.39. The van der Waals surface area contributed by atoms with Crippen LogP contribution < -0.4 is 5.32 Å². The Morgan fingerprint density at radius 3 is 2.90 bits per heavy atom. The van der Waals surface area contributed by atoms with Crippen molar-refractivity contribution in [2.45, 2.75) is 37.8 Å². The molecule has 1 N–H and O–H groups in total. The smallest absolute Gasteiger partial charge is 0.0945 e. The number of hydrogen-bond donors (Lipinski definition) is 1. The van der Waals surface area contributed by atoms with Crippen molar-refractivity contribution in [1.29, 1.82) is 0 Å². The van der Waals surface area contributed by atoms with Crippen molar-refractivity contribution in [3.05, 3.63) is 53.0 Å². The Kier molecular flexibility index (Phi) is 4.53. The molecular weight excluding hydrogens is 314 g/mol. The minimum absolute atomic E-state index is 0.690. The molecule has 1 saturated carbocycles. The van der Waals surface area contributed by atoms with Crippen LogP contribution in [0.25, 0.3) is 0 Å². The van der Waals surface area contributed by atoms with E-state index in [2.05, 4.69) is 55.1 Å². The first-order chi connectivity index (χ1) is 9.83. The molecule has 106 valence electrons. The van der Waals surface area contributed by atoms with Crippen LogP contribution in [0.2, 0.25) is 0 Å². The van der Waals surface area contributed by atoms with Crippen molar-refractivity contribution in [2.24, 2.45) is 0 Å². The number of aryl methyl sites for hydroxylation is 1. The molecular formula is C16H20BrN3. The maximum Gasteiger partial charge on any atom is 0.0945 e. The van der Waals surface area contributed by atoms with Crippen LogP contribution >= 0.6 is 15.9 Å². The normalized spacial score (nSPS) is 21.6. The molecule has 1 fully saturated rings. The summed E-state index contributed by atoms with van der Waals surface area (Å²) in [4.78, 5) is 4.05. The number of aromatic nitrogens is 2. The van der Waals surface area contributed by atoms with Gasteiger partial charge in [-0.3, -0.25) is 0 Å². The van der Waals surface area contributed by atoms with Gasteiger partial charge in [0.15, 0.2) is 0 Å². The van der Waals surface area contributed by atoms with Crippen LogP contribution in [-0.4, -0.2) is 22.1 Å². The van der Waals surface area contributed by atoms with E-state index in [1.807, 2.05) is 18.7 Å². The van der Waals surface area contributed by atoms with Crippen LogP contribution in [0.3, 0.4) is 0 Å². The fraction of sp³-hybridized carbons (Fsp3) is 0.438. The summed E-state index contributed by atoms with van der Waals surface area (Å²) in [6, 6.07) is 9.28. The Morgan fingerprint density at radius 2 is 2.15 bits per heavy atom. The van der Waals surface area contributed by atoms with Gasteiger partial charge in [-0.05, 0) is 43.4 Å². The summed E-state index contributed by atoms with van der Waals surface area (Å²) < 4.78 is 3.38. The summed E-state index contributed by atoms with van der Waals surface area (Å²) in [5.74, 6) is 0.719. The molecule has 1 aromatic carbocycles.